The van der Waals surface area contributed by atoms with Crippen molar-refractivity contribution in [2.45, 2.75) is 25.2 Å². The summed E-state index contributed by atoms with van der Waals surface area (Å²) in [4.78, 5) is 26.8. The fourth-order valence-corrected chi connectivity index (χ4v) is 4.61. The predicted molar refractivity (Wildman–Crippen MR) is 140 cm³/mol. The van der Waals surface area contributed by atoms with Crippen molar-refractivity contribution in [3.63, 3.8) is 0 Å². The molecule has 0 fully saturated rings. The van der Waals surface area contributed by atoms with Crippen LogP contribution >= 0.6 is 11.8 Å². The van der Waals surface area contributed by atoms with E-state index in [0.717, 1.165) is 21.8 Å². The molecule has 0 unspecified atom stereocenters. The minimum Gasteiger partial charge on any atom is -0.490 e. The number of nitrogens with one attached hydrogen (secondary N) is 2. The summed E-state index contributed by atoms with van der Waals surface area (Å²) in [5.74, 6) is 1.07. The van der Waals surface area contributed by atoms with Gasteiger partial charge in [-0.3, -0.25) is 9.59 Å². The summed E-state index contributed by atoms with van der Waals surface area (Å²) in [6.45, 7) is 5.46. The Hall–Kier alpha value is -3.71. The summed E-state index contributed by atoms with van der Waals surface area (Å²) in [6.07, 6.45) is 2.52. The summed E-state index contributed by atoms with van der Waals surface area (Å²) < 4.78 is 11.3. The molecule has 1 aliphatic rings. The zero-order valence-corrected chi connectivity index (χ0v) is 20.6. The first kappa shape index (κ1) is 24.4. The molecular formula is C28H28N2O4S. The van der Waals surface area contributed by atoms with E-state index < -0.39 is 0 Å². The Balaban J connectivity index is 1.37. The van der Waals surface area contributed by atoms with Gasteiger partial charge >= 0.3 is 0 Å². The second-order valence-electron chi connectivity index (χ2n) is 7.84. The average Bonchev–Trinajstić information content (AvgIpc) is 2.86. The Labute approximate surface area is 209 Å². The topological polar surface area (TPSA) is 76.7 Å². The minimum absolute atomic E-state index is 0.176. The smallest absolute Gasteiger partial charge is 0.262 e. The van der Waals surface area contributed by atoms with Crippen molar-refractivity contribution in [1.82, 2.24) is 5.32 Å². The first-order valence-electron chi connectivity index (χ1n) is 11.6. The van der Waals surface area contributed by atoms with Gasteiger partial charge in [0.05, 0.1) is 23.8 Å². The zero-order valence-electron chi connectivity index (χ0n) is 19.8. The molecule has 0 saturated carbocycles. The van der Waals surface area contributed by atoms with Gasteiger partial charge in [0.2, 0.25) is 0 Å². The number of ether oxygens (including phenoxy) is 2. The number of carbonyl (C=O) groups is 2. The van der Waals surface area contributed by atoms with Crippen molar-refractivity contribution in [2.24, 2.45) is 0 Å². The van der Waals surface area contributed by atoms with Gasteiger partial charge in [-0.25, -0.2) is 0 Å². The lowest BCUT2D eigenvalue weighted by Crippen LogP contribution is -2.26. The first-order chi connectivity index (χ1) is 17.1. The average molecular weight is 489 g/mol. The Morgan fingerprint density at radius 1 is 0.971 bits per heavy atom. The fourth-order valence-electron chi connectivity index (χ4n) is 3.68. The van der Waals surface area contributed by atoms with Crippen molar-refractivity contribution in [2.75, 3.05) is 25.1 Å². The van der Waals surface area contributed by atoms with E-state index in [-0.39, 0.29) is 11.8 Å². The van der Waals surface area contributed by atoms with Crippen LogP contribution in [0.25, 0.3) is 6.08 Å². The molecule has 0 radical (unpaired) electrons. The van der Waals surface area contributed by atoms with Crippen molar-refractivity contribution in [3.05, 3.63) is 88.3 Å². The summed E-state index contributed by atoms with van der Waals surface area (Å²) in [7, 11) is 0. The number of amides is 2. The number of carbonyl (C=O) groups excluding carboxylic acids is 2. The molecule has 35 heavy (non-hydrogen) atoms. The summed E-state index contributed by atoms with van der Waals surface area (Å²) >= 11 is 1.40. The molecule has 3 aromatic rings. The molecule has 0 bridgehead atoms. The monoisotopic (exact) mass is 488 g/mol. The highest BCUT2D eigenvalue weighted by molar-refractivity contribution is 8.04. The van der Waals surface area contributed by atoms with Gasteiger partial charge in [-0.05, 0) is 67.8 Å². The minimum atomic E-state index is -0.186. The van der Waals surface area contributed by atoms with Gasteiger partial charge in [-0.15, -0.1) is 0 Å². The third-order valence-corrected chi connectivity index (χ3v) is 6.44. The van der Waals surface area contributed by atoms with Crippen molar-refractivity contribution < 1.29 is 19.1 Å². The van der Waals surface area contributed by atoms with Gasteiger partial charge in [-0.2, -0.15) is 0 Å². The summed E-state index contributed by atoms with van der Waals surface area (Å²) in [6, 6.07) is 20.9. The van der Waals surface area contributed by atoms with Gasteiger partial charge in [0.1, 0.15) is 0 Å². The highest BCUT2D eigenvalue weighted by atomic mass is 32.2. The van der Waals surface area contributed by atoms with Crippen molar-refractivity contribution in [3.8, 4) is 11.5 Å². The maximum Gasteiger partial charge on any atom is 0.262 e. The Kier molecular flexibility index (Phi) is 8.11. The van der Waals surface area contributed by atoms with Gasteiger partial charge in [0, 0.05) is 17.0 Å². The molecular weight excluding hydrogens is 460 g/mol. The molecule has 2 N–H and O–H groups in total. The van der Waals surface area contributed by atoms with Gasteiger partial charge in [-0.1, -0.05) is 48.2 Å². The lowest BCUT2D eigenvalue weighted by molar-refractivity contribution is -0.112. The molecule has 3 aromatic carbocycles. The predicted octanol–water partition coefficient (Wildman–Crippen LogP) is 5.54. The highest BCUT2D eigenvalue weighted by Gasteiger charge is 2.22. The number of hydrogen-bond acceptors (Lipinski definition) is 5. The normalized spacial score (nSPS) is 13.7. The highest BCUT2D eigenvalue weighted by Crippen LogP contribution is 2.39. The van der Waals surface area contributed by atoms with E-state index in [1.807, 2.05) is 74.5 Å². The van der Waals surface area contributed by atoms with Crippen molar-refractivity contribution >= 4 is 35.3 Å². The molecule has 2 amide bonds. The number of benzene rings is 3. The number of anilines is 1. The third kappa shape index (κ3) is 6.25. The Morgan fingerprint density at radius 3 is 2.51 bits per heavy atom. The maximum atomic E-state index is 12.7. The van der Waals surface area contributed by atoms with Crippen LogP contribution < -0.4 is 20.1 Å². The van der Waals surface area contributed by atoms with Crippen molar-refractivity contribution in [1.29, 1.82) is 0 Å². The van der Waals surface area contributed by atoms with Crippen LogP contribution in [0.4, 0.5) is 5.69 Å². The number of fused-ring (bicyclic) bond motifs is 1. The number of rotatable bonds is 9. The number of hydrogen-bond donors (Lipinski definition) is 2. The third-order valence-electron chi connectivity index (χ3n) is 5.34. The van der Waals surface area contributed by atoms with Crippen LogP contribution in [0.1, 0.15) is 35.3 Å². The van der Waals surface area contributed by atoms with Crippen LogP contribution in [-0.2, 0) is 11.2 Å². The zero-order chi connectivity index (χ0) is 24.6. The summed E-state index contributed by atoms with van der Waals surface area (Å²) in [5, 5.41) is 5.86. The molecule has 6 nitrogen and oxygen atoms in total. The van der Waals surface area contributed by atoms with Gasteiger partial charge in [0.25, 0.3) is 11.8 Å². The Bertz CT molecular complexity index is 1240. The van der Waals surface area contributed by atoms with E-state index >= 15 is 0 Å². The molecule has 1 heterocycles. The summed E-state index contributed by atoms with van der Waals surface area (Å²) in [5.41, 5.74) is 3.15. The van der Waals surface area contributed by atoms with E-state index in [9.17, 15) is 9.59 Å². The lowest BCUT2D eigenvalue weighted by atomic mass is 10.1. The van der Waals surface area contributed by atoms with Crippen LogP contribution in [-0.4, -0.2) is 31.6 Å². The van der Waals surface area contributed by atoms with E-state index in [0.29, 0.717) is 48.1 Å². The molecule has 1 aliphatic heterocycles. The Morgan fingerprint density at radius 2 is 1.74 bits per heavy atom. The molecule has 0 saturated heterocycles. The molecule has 0 aliphatic carbocycles. The van der Waals surface area contributed by atoms with Crippen LogP contribution in [0.5, 0.6) is 11.5 Å². The standard InChI is InChI=1S/C28H28N2O4S/c1-3-33-23-12-10-20(16-24(23)34-4-2)14-15-29-27(31)21-11-13-25-22(18-21)30-28(32)26(35-25)17-19-8-6-5-7-9-19/h5-13,16-18H,3-4,14-15H2,1-2H3,(H,29,31)(H,30,32)/b26-17-. The molecule has 0 aromatic heterocycles. The quantitative estimate of drug-likeness (QED) is 0.387. The number of thioether (sulfide) groups is 1. The van der Waals surface area contributed by atoms with Crippen LogP contribution in [0.3, 0.4) is 0 Å². The van der Waals surface area contributed by atoms with E-state index in [2.05, 4.69) is 10.6 Å². The molecule has 0 spiro atoms. The molecule has 4 rings (SSSR count). The largest absolute Gasteiger partial charge is 0.490 e. The first-order valence-corrected chi connectivity index (χ1v) is 12.5. The van der Waals surface area contributed by atoms with Crippen LogP contribution in [0.15, 0.2) is 76.5 Å². The SMILES string of the molecule is CCOc1ccc(CCNC(=O)c2ccc3c(c2)NC(=O)/C(=C/c2ccccc2)S3)cc1OCC. The van der Waals surface area contributed by atoms with E-state index in [4.69, 9.17) is 9.47 Å². The van der Waals surface area contributed by atoms with Crippen LogP contribution in [0.2, 0.25) is 0 Å². The molecule has 0 atom stereocenters. The second kappa shape index (κ2) is 11.6. The lowest BCUT2D eigenvalue weighted by Gasteiger charge is -2.19. The molecule has 7 heteroatoms. The molecule has 180 valence electrons. The van der Waals surface area contributed by atoms with E-state index in [1.54, 1.807) is 12.1 Å². The van der Waals surface area contributed by atoms with Gasteiger partial charge in [0.15, 0.2) is 11.5 Å². The maximum absolute atomic E-state index is 12.7. The van der Waals surface area contributed by atoms with Crippen LogP contribution in [0, 0.1) is 0 Å². The second-order valence-corrected chi connectivity index (χ2v) is 8.92. The van der Waals surface area contributed by atoms with E-state index in [1.165, 1.54) is 11.8 Å². The fraction of sp³-hybridized carbons (Fsp3) is 0.214. The van der Waals surface area contributed by atoms with Gasteiger partial charge < -0.3 is 20.1 Å².